The molecule has 3 heterocycles. The van der Waals surface area contributed by atoms with Crippen LogP contribution in [0.2, 0.25) is 0 Å². The highest BCUT2D eigenvalue weighted by Crippen LogP contribution is 2.39. The number of likely N-dealkylation sites (tertiary alicyclic amines) is 1. The van der Waals surface area contributed by atoms with Crippen molar-refractivity contribution in [3.63, 3.8) is 0 Å². The van der Waals surface area contributed by atoms with Crippen molar-refractivity contribution in [3.8, 4) is 0 Å². The molecule has 1 unspecified atom stereocenters. The Balaban J connectivity index is 1.37. The Hall–Kier alpha value is -4.11. The molecule has 0 bridgehead atoms. The Morgan fingerprint density at radius 1 is 1.05 bits per heavy atom. The highest BCUT2D eigenvalue weighted by atomic mass is 19.1. The summed E-state index contributed by atoms with van der Waals surface area (Å²) in [6, 6.07) is 15.7. The van der Waals surface area contributed by atoms with Gasteiger partial charge in [0.2, 0.25) is 5.91 Å². The van der Waals surface area contributed by atoms with E-state index in [1.54, 1.807) is 46.5 Å². The second kappa shape index (κ2) is 10.7. The number of aryl methyl sites for hydroxylation is 1. The van der Waals surface area contributed by atoms with E-state index in [2.05, 4.69) is 10.3 Å². The van der Waals surface area contributed by atoms with Gasteiger partial charge in [-0.15, -0.1) is 0 Å². The van der Waals surface area contributed by atoms with Crippen molar-refractivity contribution in [1.82, 2.24) is 20.1 Å². The molecule has 2 aliphatic rings. The maximum Gasteiger partial charge on any atom is 0.257 e. The number of aromatic nitrogens is 1. The SMILES string of the molecule is Cc1ccccc1C(=O)N1C(C(=O)NCc2cccnc2)COC12CCN(C(=O)c1cccc(F)c1)CC2. The van der Waals surface area contributed by atoms with Crippen LogP contribution in [0.3, 0.4) is 0 Å². The van der Waals surface area contributed by atoms with Crippen molar-refractivity contribution in [2.24, 2.45) is 0 Å². The molecule has 2 saturated heterocycles. The predicted octanol–water partition coefficient (Wildman–Crippen LogP) is 3.32. The quantitative estimate of drug-likeness (QED) is 0.562. The summed E-state index contributed by atoms with van der Waals surface area (Å²) in [5, 5.41) is 2.91. The molecule has 2 aromatic carbocycles. The first-order chi connectivity index (χ1) is 18.4. The minimum Gasteiger partial charge on any atom is -0.353 e. The molecule has 2 aliphatic heterocycles. The summed E-state index contributed by atoms with van der Waals surface area (Å²) in [6.07, 6.45) is 4.00. The average Bonchev–Trinajstić information content (AvgIpc) is 3.30. The third kappa shape index (κ3) is 5.02. The number of hydrogen-bond acceptors (Lipinski definition) is 5. The Labute approximate surface area is 220 Å². The van der Waals surface area contributed by atoms with Gasteiger partial charge in [0, 0.05) is 56.0 Å². The molecule has 3 aromatic rings. The third-order valence-electron chi connectivity index (χ3n) is 7.25. The van der Waals surface area contributed by atoms with E-state index in [9.17, 15) is 18.8 Å². The van der Waals surface area contributed by atoms with E-state index in [1.807, 2.05) is 25.1 Å². The van der Waals surface area contributed by atoms with Gasteiger partial charge in [0.15, 0.2) is 0 Å². The maximum absolute atomic E-state index is 13.9. The number of carbonyl (C=O) groups is 3. The summed E-state index contributed by atoms with van der Waals surface area (Å²) in [6.45, 7) is 2.79. The molecule has 1 N–H and O–H groups in total. The van der Waals surface area contributed by atoms with Gasteiger partial charge in [-0.05, 0) is 48.4 Å². The zero-order chi connectivity index (χ0) is 26.7. The molecule has 1 aromatic heterocycles. The number of halogens is 1. The zero-order valence-electron chi connectivity index (χ0n) is 21.1. The van der Waals surface area contributed by atoms with Crippen molar-refractivity contribution in [3.05, 3.63) is 101 Å². The van der Waals surface area contributed by atoms with Crippen molar-refractivity contribution < 1.29 is 23.5 Å². The molecular weight excluding hydrogens is 487 g/mol. The first-order valence-corrected chi connectivity index (χ1v) is 12.6. The Kier molecular flexibility index (Phi) is 7.20. The third-order valence-corrected chi connectivity index (χ3v) is 7.25. The predicted molar refractivity (Wildman–Crippen MR) is 137 cm³/mol. The van der Waals surface area contributed by atoms with Crippen molar-refractivity contribution in [2.45, 2.75) is 38.1 Å². The van der Waals surface area contributed by atoms with Crippen molar-refractivity contribution in [1.29, 1.82) is 0 Å². The van der Waals surface area contributed by atoms with Crippen LogP contribution in [-0.2, 0) is 16.1 Å². The van der Waals surface area contributed by atoms with Crippen molar-refractivity contribution in [2.75, 3.05) is 19.7 Å². The van der Waals surface area contributed by atoms with Gasteiger partial charge in [-0.1, -0.05) is 30.3 Å². The number of ether oxygens (including phenoxy) is 1. The van der Waals surface area contributed by atoms with Crippen LogP contribution >= 0.6 is 0 Å². The van der Waals surface area contributed by atoms with E-state index in [-0.39, 0.29) is 36.4 Å². The molecule has 9 heteroatoms. The molecule has 5 rings (SSSR count). The van der Waals surface area contributed by atoms with Crippen LogP contribution in [0.15, 0.2) is 73.1 Å². The molecule has 1 atom stereocenters. The Bertz CT molecular complexity index is 1340. The number of nitrogens with zero attached hydrogens (tertiary/aromatic N) is 3. The van der Waals surface area contributed by atoms with Crippen LogP contribution in [-0.4, -0.2) is 64.0 Å². The first-order valence-electron chi connectivity index (χ1n) is 12.6. The topological polar surface area (TPSA) is 91.8 Å². The number of nitrogens with one attached hydrogen (secondary N) is 1. The van der Waals surface area contributed by atoms with E-state index in [4.69, 9.17) is 4.74 Å². The van der Waals surface area contributed by atoms with Gasteiger partial charge in [-0.25, -0.2) is 4.39 Å². The van der Waals surface area contributed by atoms with Crippen molar-refractivity contribution >= 4 is 17.7 Å². The van der Waals surface area contributed by atoms with E-state index in [1.165, 1.54) is 18.2 Å². The Morgan fingerprint density at radius 2 is 1.84 bits per heavy atom. The fourth-order valence-corrected chi connectivity index (χ4v) is 5.18. The standard InChI is InChI=1S/C29H29FN4O4/c1-20-6-2-3-10-24(20)28(37)34-25(26(35)32-18-21-7-5-13-31-17-21)19-38-29(34)11-14-33(15-12-29)27(36)22-8-4-9-23(30)16-22/h2-10,13,16-17,25H,11-12,14-15,18-19H2,1H3,(H,32,35). The molecule has 0 radical (unpaired) electrons. The highest BCUT2D eigenvalue weighted by molar-refractivity contribution is 5.99. The fourth-order valence-electron chi connectivity index (χ4n) is 5.18. The summed E-state index contributed by atoms with van der Waals surface area (Å²) in [5.74, 6) is -1.35. The van der Waals surface area contributed by atoms with Gasteiger partial charge >= 0.3 is 0 Å². The molecule has 3 amide bonds. The lowest BCUT2D eigenvalue weighted by Gasteiger charge is -2.44. The number of rotatable bonds is 5. The summed E-state index contributed by atoms with van der Waals surface area (Å²) in [7, 11) is 0. The second-order valence-electron chi connectivity index (χ2n) is 9.64. The lowest BCUT2D eigenvalue weighted by atomic mass is 9.95. The molecule has 196 valence electrons. The number of amides is 3. The fraction of sp³-hybridized carbons (Fsp3) is 0.310. The molecule has 38 heavy (non-hydrogen) atoms. The van der Waals surface area contributed by atoms with Gasteiger partial charge in [0.05, 0.1) is 6.61 Å². The molecule has 0 aliphatic carbocycles. The normalized spacial score (nSPS) is 18.4. The molecule has 2 fully saturated rings. The van der Waals surface area contributed by atoms with Gasteiger partial charge in [0.25, 0.3) is 11.8 Å². The first kappa shape index (κ1) is 25.5. The molecule has 8 nitrogen and oxygen atoms in total. The Morgan fingerprint density at radius 3 is 2.55 bits per heavy atom. The van der Waals surface area contributed by atoms with Gasteiger partial charge in [0.1, 0.15) is 17.6 Å². The molecule has 0 saturated carbocycles. The number of hydrogen-bond donors (Lipinski definition) is 1. The summed E-state index contributed by atoms with van der Waals surface area (Å²) >= 11 is 0. The van der Waals surface area contributed by atoms with E-state index in [0.717, 1.165) is 11.1 Å². The number of carbonyl (C=O) groups excluding carboxylic acids is 3. The number of benzene rings is 2. The van der Waals surface area contributed by atoms with Crippen LogP contribution < -0.4 is 5.32 Å². The minimum atomic E-state index is -1.03. The van der Waals surface area contributed by atoms with E-state index in [0.29, 0.717) is 31.5 Å². The highest BCUT2D eigenvalue weighted by Gasteiger charge is 2.54. The van der Waals surface area contributed by atoms with Crippen LogP contribution in [0.1, 0.15) is 44.7 Å². The second-order valence-corrected chi connectivity index (χ2v) is 9.64. The van der Waals surface area contributed by atoms with E-state index >= 15 is 0 Å². The lowest BCUT2D eigenvalue weighted by molar-refractivity contribution is -0.128. The largest absolute Gasteiger partial charge is 0.353 e. The van der Waals surface area contributed by atoms with Gasteiger partial charge in [-0.3, -0.25) is 24.3 Å². The van der Waals surface area contributed by atoms with Crippen LogP contribution in [0.5, 0.6) is 0 Å². The van der Waals surface area contributed by atoms with Crippen LogP contribution in [0.4, 0.5) is 4.39 Å². The summed E-state index contributed by atoms with van der Waals surface area (Å²) in [5.41, 5.74) is 1.38. The van der Waals surface area contributed by atoms with Crippen LogP contribution in [0.25, 0.3) is 0 Å². The van der Waals surface area contributed by atoms with Gasteiger partial charge in [-0.2, -0.15) is 0 Å². The zero-order valence-corrected chi connectivity index (χ0v) is 21.1. The lowest BCUT2D eigenvalue weighted by Crippen LogP contribution is -2.59. The monoisotopic (exact) mass is 516 g/mol. The maximum atomic E-state index is 13.9. The number of pyridine rings is 1. The van der Waals surface area contributed by atoms with Gasteiger partial charge < -0.3 is 15.0 Å². The van der Waals surface area contributed by atoms with Crippen LogP contribution in [0, 0.1) is 12.7 Å². The number of piperidine rings is 1. The minimum absolute atomic E-state index is 0.0499. The summed E-state index contributed by atoms with van der Waals surface area (Å²) in [4.78, 5) is 47.6. The summed E-state index contributed by atoms with van der Waals surface area (Å²) < 4.78 is 19.9. The molecular formula is C29H29FN4O4. The van der Waals surface area contributed by atoms with E-state index < -0.39 is 17.6 Å². The average molecular weight is 517 g/mol. The smallest absolute Gasteiger partial charge is 0.257 e. The molecule has 1 spiro atoms.